The van der Waals surface area contributed by atoms with Gasteiger partial charge in [0.1, 0.15) is 11.0 Å². The maximum absolute atomic E-state index is 12.8. The molecule has 0 radical (unpaired) electrons. The van der Waals surface area contributed by atoms with Gasteiger partial charge in [-0.05, 0) is 30.4 Å². The molecule has 0 N–H and O–H groups in total. The highest BCUT2D eigenvalue weighted by molar-refractivity contribution is 6.29. The van der Waals surface area contributed by atoms with Gasteiger partial charge in [0.2, 0.25) is 0 Å². The highest BCUT2D eigenvalue weighted by Gasteiger charge is 2.32. The summed E-state index contributed by atoms with van der Waals surface area (Å²) in [6.45, 7) is 5.62. The molecule has 0 aliphatic carbocycles. The van der Waals surface area contributed by atoms with Gasteiger partial charge in [-0.1, -0.05) is 25.4 Å². The molecule has 1 aliphatic heterocycles. The van der Waals surface area contributed by atoms with Crippen LogP contribution < -0.4 is 4.90 Å². The van der Waals surface area contributed by atoms with E-state index in [-0.39, 0.29) is 5.15 Å². The van der Waals surface area contributed by atoms with Crippen molar-refractivity contribution >= 4 is 17.4 Å². The van der Waals surface area contributed by atoms with E-state index in [0.717, 1.165) is 31.6 Å². The fourth-order valence-corrected chi connectivity index (χ4v) is 2.86. The monoisotopic (exact) mass is 292 g/mol. The number of nitrogens with zero attached hydrogens (tertiary/aromatic N) is 2. The second kappa shape index (κ2) is 5.19. The van der Waals surface area contributed by atoms with Crippen molar-refractivity contribution < 1.29 is 13.2 Å². The number of piperidine rings is 1. The average molecular weight is 293 g/mol. The van der Waals surface area contributed by atoms with Crippen molar-refractivity contribution in [2.24, 2.45) is 11.8 Å². The van der Waals surface area contributed by atoms with Gasteiger partial charge in [0.25, 0.3) is 0 Å². The first-order valence-corrected chi connectivity index (χ1v) is 6.63. The van der Waals surface area contributed by atoms with Gasteiger partial charge in [0.15, 0.2) is 0 Å². The van der Waals surface area contributed by atoms with Crippen molar-refractivity contribution in [2.75, 3.05) is 18.0 Å². The number of hydrogen-bond acceptors (Lipinski definition) is 2. The zero-order chi connectivity index (χ0) is 14.2. The zero-order valence-electron chi connectivity index (χ0n) is 10.8. The molecule has 2 unspecified atom stereocenters. The molecule has 0 spiro atoms. The Morgan fingerprint density at radius 3 is 2.32 bits per heavy atom. The fraction of sp³-hybridized carbons (Fsp3) is 0.615. The van der Waals surface area contributed by atoms with Crippen LogP contribution in [0.15, 0.2) is 12.1 Å². The number of hydrogen-bond donors (Lipinski definition) is 0. The molecule has 2 atom stereocenters. The van der Waals surface area contributed by atoms with E-state index in [9.17, 15) is 13.2 Å². The Bertz CT molecular complexity index is 452. The van der Waals surface area contributed by atoms with Gasteiger partial charge in [-0.3, -0.25) is 0 Å². The number of alkyl halides is 3. The molecule has 2 heterocycles. The van der Waals surface area contributed by atoms with Crippen molar-refractivity contribution in [1.29, 1.82) is 0 Å². The van der Waals surface area contributed by atoms with Crippen LogP contribution in [0.25, 0.3) is 0 Å². The second-order valence-electron chi connectivity index (χ2n) is 5.39. The molecular weight excluding hydrogens is 277 g/mol. The molecular formula is C13H16ClF3N2. The van der Waals surface area contributed by atoms with E-state index in [0.29, 0.717) is 17.7 Å². The number of pyridine rings is 1. The highest BCUT2D eigenvalue weighted by Crippen LogP contribution is 2.34. The molecule has 0 aromatic carbocycles. The van der Waals surface area contributed by atoms with Crippen LogP contribution in [0.4, 0.5) is 19.0 Å². The van der Waals surface area contributed by atoms with Crippen LogP contribution in [-0.2, 0) is 6.18 Å². The number of anilines is 1. The van der Waals surface area contributed by atoms with Gasteiger partial charge in [0, 0.05) is 13.1 Å². The molecule has 1 aromatic rings. The summed E-state index contributed by atoms with van der Waals surface area (Å²) in [4.78, 5) is 5.92. The molecule has 1 saturated heterocycles. The van der Waals surface area contributed by atoms with E-state index < -0.39 is 11.7 Å². The van der Waals surface area contributed by atoms with Gasteiger partial charge < -0.3 is 4.90 Å². The SMILES string of the molecule is CC1CC(C)CN(c2cc(C(F)(F)F)cc(Cl)n2)C1. The Balaban J connectivity index is 2.31. The third-order valence-corrected chi connectivity index (χ3v) is 3.49. The summed E-state index contributed by atoms with van der Waals surface area (Å²) in [5.41, 5.74) is -0.742. The van der Waals surface area contributed by atoms with Crippen molar-refractivity contribution in [3.8, 4) is 0 Å². The Hall–Kier alpha value is -0.970. The van der Waals surface area contributed by atoms with E-state index in [1.54, 1.807) is 0 Å². The predicted octanol–water partition coefficient (Wildman–Crippen LogP) is 4.24. The van der Waals surface area contributed by atoms with Crippen LogP contribution in [-0.4, -0.2) is 18.1 Å². The molecule has 0 amide bonds. The first-order valence-electron chi connectivity index (χ1n) is 6.25. The molecule has 106 valence electrons. The van der Waals surface area contributed by atoms with Crippen molar-refractivity contribution in [3.63, 3.8) is 0 Å². The molecule has 6 heteroatoms. The van der Waals surface area contributed by atoms with Crippen LogP contribution in [0, 0.1) is 11.8 Å². The van der Waals surface area contributed by atoms with Crippen LogP contribution in [0.2, 0.25) is 5.15 Å². The molecule has 1 aliphatic rings. The van der Waals surface area contributed by atoms with Gasteiger partial charge in [0.05, 0.1) is 5.56 Å². The predicted molar refractivity (Wildman–Crippen MR) is 69.4 cm³/mol. The third-order valence-electron chi connectivity index (χ3n) is 3.30. The Kier molecular flexibility index (Phi) is 3.95. The van der Waals surface area contributed by atoms with Gasteiger partial charge >= 0.3 is 6.18 Å². The van der Waals surface area contributed by atoms with E-state index in [2.05, 4.69) is 18.8 Å². The van der Waals surface area contributed by atoms with Crippen molar-refractivity contribution in [3.05, 3.63) is 22.8 Å². The maximum Gasteiger partial charge on any atom is 0.416 e. The van der Waals surface area contributed by atoms with Crippen molar-refractivity contribution in [2.45, 2.75) is 26.4 Å². The topological polar surface area (TPSA) is 16.1 Å². The van der Waals surface area contributed by atoms with Gasteiger partial charge in [-0.2, -0.15) is 13.2 Å². The smallest absolute Gasteiger partial charge is 0.356 e. The number of rotatable bonds is 1. The molecule has 0 saturated carbocycles. The van der Waals surface area contributed by atoms with Crippen LogP contribution in [0.3, 0.4) is 0 Å². The Morgan fingerprint density at radius 2 is 1.79 bits per heavy atom. The summed E-state index contributed by atoms with van der Waals surface area (Å²) < 4.78 is 38.3. The molecule has 0 bridgehead atoms. The van der Waals surface area contributed by atoms with Crippen LogP contribution in [0.1, 0.15) is 25.8 Å². The number of halogens is 4. The summed E-state index contributed by atoms with van der Waals surface area (Å²) in [5, 5.41) is -0.115. The number of aromatic nitrogens is 1. The van der Waals surface area contributed by atoms with E-state index >= 15 is 0 Å². The third kappa shape index (κ3) is 3.53. The Labute approximate surface area is 115 Å². The lowest BCUT2D eigenvalue weighted by Gasteiger charge is -2.36. The standard InChI is InChI=1S/C13H16ClF3N2/c1-8-3-9(2)7-19(6-8)12-5-10(13(15,16)17)4-11(14)18-12/h4-5,8-9H,3,6-7H2,1-2H3. The lowest BCUT2D eigenvalue weighted by molar-refractivity contribution is -0.137. The molecule has 1 fully saturated rings. The highest BCUT2D eigenvalue weighted by atomic mass is 35.5. The summed E-state index contributed by atoms with van der Waals surface area (Å²) >= 11 is 5.71. The molecule has 1 aromatic heterocycles. The minimum atomic E-state index is -4.39. The molecule has 2 rings (SSSR count). The lowest BCUT2D eigenvalue weighted by atomic mass is 9.92. The quantitative estimate of drug-likeness (QED) is 0.720. The Morgan fingerprint density at radius 1 is 1.21 bits per heavy atom. The van der Waals surface area contributed by atoms with E-state index in [4.69, 9.17) is 11.6 Å². The second-order valence-corrected chi connectivity index (χ2v) is 5.77. The largest absolute Gasteiger partial charge is 0.416 e. The summed E-state index contributed by atoms with van der Waals surface area (Å²) in [7, 11) is 0. The van der Waals surface area contributed by atoms with Gasteiger partial charge in [-0.15, -0.1) is 0 Å². The fourth-order valence-electron chi connectivity index (χ4n) is 2.66. The molecule has 19 heavy (non-hydrogen) atoms. The van der Waals surface area contributed by atoms with E-state index in [1.165, 1.54) is 0 Å². The molecule has 2 nitrogen and oxygen atoms in total. The van der Waals surface area contributed by atoms with Crippen molar-refractivity contribution in [1.82, 2.24) is 4.98 Å². The summed E-state index contributed by atoms with van der Waals surface area (Å²) in [6.07, 6.45) is -3.31. The van der Waals surface area contributed by atoms with Crippen LogP contribution in [0.5, 0.6) is 0 Å². The van der Waals surface area contributed by atoms with Gasteiger partial charge in [-0.25, -0.2) is 4.98 Å². The maximum atomic E-state index is 12.8. The minimum Gasteiger partial charge on any atom is -0.356 e. The van der Waals surface area contributed by atoms with E-state index in [1.807, 2.05) is 4.90 Å². The average Bonchev–Trinajstić information content (AvgIpc) is 2.25. The lowest BCUT2D eigenvalue weighted by Crippen LogP contribution is -2.39. The minimum absolute atomic E-state index is 0.115. The zero-order valence-corrected chi connectivity index (χ0v) is 11.6. The first-order chi connectivity index (χ1) is 8.75. The first kappa shape index (κ1) is 14.4. The summed E-state index contributed by atoms with van der Waals surface area (Å²) in [6, 6.07) is 1.94. The summed E-state index contributed by atoms with van der Waals surface area (Å²) in [5.74, 6) is 1.20. The normalized spacial score (nSPS) is 24.6. The van der Waals surface area contributed by atoms with Crippen LogP contribution >= 0.6 is 11.6 Å².